The van der Waals surface area contributed by atoms with Gasteiger partial charge in [-0.2, -0.15) is 0 Å². The number of halogens is 3. The number of carbonyl (C=O) groups is 2. The lowest BCUT2D eigenvalue weighted by Crippen LogP contribution is -2.11. The van der Waals surface area contributed by atoms with Gasteiger partial charge in [0.25, 0.3) is 0 Å². The molecule has 0 radical (unpaired) electrons. The van der Waals surface area contributed by atoms with Crippen LogP contribution in [0.2, 0.25) is 0 Å². The summed E-state index contributed by atoms with van der Waals surface area (Å²) < 4.78 is 12.5. The first-order valence-corrected chi connectivity index (χ1v) is 9.81. The first-order valence-electron chi connectivity index (χ1n) is 7.11. The first-order chi connectivity index (χ1) is 11.9. The number of rotatable bonds is 5. The van der Waals surface area contributed by atoms with E-state index in [1.807, 2.05) is 0 Å². The third kappa shape index (κ3) is 13.7. The average Bonchev–Trinajstić information content (AvgIpc) is 3.20. The molecule has 0 saturated carbocycles. The highest BCUT2D eigenvalue weighted by Gasteiger charge is 2.02. The predicted molar refractivity (Wildman–Crippen MR) is 103 cm³/mol. The second-order valence-corrected chi connectivity index (χ2v) is 6.24. The Morgan fingerprint density at radius 2 is 1.84 bits per heavy atom. The minimum Gasteiger partial charge on any atom is -0.465 e. The Bertz CT molecular complexity index is 605. The minimum absolute atomic E-state index is 0.206. The molecule has 2 aromatic heterocycles. The van der Waals surface area contributed by atoms with E-state index in [-0.39, 0.29) is 18.5 Å². The Labute approximate surface area is 171 Å². The fraction of sp³-hybridized carbons (Fsp3) is 0.429. The van der Waals surface area contributed by atoms with Crippen molar-refractivity contribution in [3.63, 3.8) is 0 Å². The molecule has 0 aromatic carbocycles. The topological polar surface area (TPSA) is 99.1 Å². The second-order valence-electron chi connectivity index (χ2n) is 4.01. The summed E-state index contributed by atoms with van der Waals surface area (Å²) >= 11 is 9.28. The van der Waals surface area contributed by atoms with Gasteiger partial charge in [-0.1, -0.05) is 15.9 Å². The van der Waals surface area contributed by atoms with E-state index in [1.165, 1.54) is 0 Å². The van der Waals surface area contributed by atoms with Crippen LogP contribution in [-0.2, 0) is 25.6 Å². The smallest absolute Gasteiger partial charge is 0.325 e. The second kappa shape index (κ2) is 15.1. The van der Waals surface area contributed by atoms with Gasteiger partial charge in [0.1, 0.15) is 21.1 Å². The Hall–Kier alpha value is -1.20. The van der Waals surface area contributed by atoms with Crippen LogP contribution in [0.25, 0.3) is 0 Å². The number of alkyl halides is 1. The molecule has 0 bridgehead atoms. The van der Waals surface area contributed by atoms with Crippen molar-refractivity contribution < 1.29 is 19.1 Å². The Balaban J connectivity index is 0.000000377. The molecule has 0 atom stereocenters. The van der Waals surface area contributed by atoms with E-state index in [0.717, 1.165) is 4.60 Å². The quantitative estimate of drug-likeness (QED) is 0.456. The van der Waals surface area contributed by atoms with Crippen LogP contribution in [0.1, 0.15) is 13.8 Å². The van der Waals surface area contributed by atoms with E-state index in [4.69, 9.17) is 4.74 Å². The van der Waals surface area contributed by atoms with Gasteiger partial charge in [-0.05, 0) is 45.7 Å². The summed E-state index contributed by atoms with van der Waals surface area (Å²) in [7, 11) is 0. The number of nitrogens with zero attached hydrogens (tertiary/aromatic N) is 3. The van der Waals surface area contributed by atoms with Gasteiger partial charge in [-0.25, -0.2) is 9.97 Å². The summed E-state index contributed by atoms with van der Waals surface area (Å²) in [6, 6.07) is 0. The summed E-state index contributed by atoms with van der Waals surface area (Å²) in [6.07, 6.45) is 6.60. The molecule has 8 nitrogen and oxygen atoms in total. The van der Waals surface area contributed by atoms with Crippen LogP contribution in [0.3, 0.4) is 0 Å². The van der Waals surface area contributed by atoms with Gasteiger partial charge in [0.05, 0.1) is 32.1 Å². The number of aromatic amines is 1. The van der Waals surface area contributed by atoms with E-state index >= 15 is 0 Å². The number of ether oxygens (including phenoxy) is 2. The molecular weight excluding hydrogens is 528 g/mol. The van der Waals surface area contributed by atoms with Crippen molar-refractivity contribution in [2.24, 2.45) is 0 Å². The molecule has 1 N–H and O–H groups in total. The molecule has 11 heteroatoms. The zero-order valence-corrected chi connectivity index (χ0v) is 18.5. The highest BCUT2D eigenvalue weighted by atomic mass is 79.9. The number of hydrogen-bond acceptors (Lipinski definition) is 6. The minimum atomic E-state index is -0.248. The Kier molecular flexibility index (Phi) is 14.4. The van der Waals surface area contributed by atoms with E-state index < -0.39 is 0 Å². The van der Waals surface area contributed by atoms with Crippen molar-refractivity contribution in [3.8, 4) is 0 Å². The molecular formula is C14H19Br3N4O4. The van der Waals surface area contributed by atoms with Gasteiger partial charge in [0.15, 0.2) is 0 Å². The van der Waals surface area contributed by atoms with Crippen LogP contribution in [0.5, 0.6) is 0 Å². The van der Waals surface area contributed by atoms with E-state index in [0.29, 0.717) is 23.1 Å². The fourth-order valence-electron chi connectivity index (χ4n) is 1.21. The number of esters is 2. The standard InChI is InChI=1S/C7H9BrN2O2.C4H7BrO2.C3H3BrN2/c1-2-12-7(11)4-10-3-6(8)9-5-10;1-2-7-4(6)3-5;4-3-1-5-2-6-3/h3,5H,2,4H2,1H3;2-3H2,1H3;1-2H,(H,5,6). The summed E-state index contributed by atoms with van der Waals surface area (Å²) in [5.74, 6) is -0.454. The van der Waals surface area contributed by atoms with Crippen molar-refractivity contribution in [3.05, 3.63) is 34.3 Å². The van der Waals surface area contributed by atoms with Crippen molar-refractivity contribution in [2.45, 2.75) is 20.4 Å². The van der Waals surface area contributed by atoms with Gasteiger partial charge < -0.3 is 19.0 Å². The Morgan fingerprint density at radius 3 is 2.16 bits per heavy atom. The van der Waals surface area contributed by atoms with Gasteiger partial charge in [-0.3, -0.25) is 9.59 Å². The molecule has 0 aliphatic carbocycles. The Morgan fingerprint density at radius 1 is 1.20 bits per heavy atom. The molecule has 25 heavy (non-hydrogen) atoms. The number of imidazole rings is 2. The third-order valence-electron chi connectivity index (χ3n) is 2.10. The first kappa shape index (κ1) is 23.8. The van der Waals surface area contributed by atoms with Gasteiger partial charge in [0.2, 0.25) is 0 Å². The monoisotopic (exact) mass is 544 g/mol. The summed E-state index contributed by atoms with van der Waals surface area (Å²) in [5.41, 5.74) is 0. The zero-order chi connectivity index (χ0) is 19.1. The van der Waals surface area contributed by atoms with Crippen LogP contribution in [0.15, 0.2) is 34.3 Å². The number of hydrogen-bond donors (Lipinski definition) is 1. The van der Waals surface area contributed by atoms with Crippen molar-refractivity contribution in [1.82, 2.24) is 19.5 Å². The molecule has 0 unspecified atom stereocenters. The number of aromatic nitrogens is 4. The maximum Gasteiger partial charge on any atom is 0.325 e. The maximum atomic E-state index is 10.9. The van der Waals surface area contributed by atoms with Crippen LogP contribution in [0, 0.1) is 0 Å². The van der Waals surface area contributed by atoms with E-state index in [2.05, 4.69) is 67.5 Å². The molecule has 2 rings (SSSR count). The number of carbonyl (C=O) groups excluding carboxylic acids is 2. The van der Waals surface area contributed by atoms with Gasteiger partial charge in [-0.15, -0.1) is 0 Å². The molecule has 2 aromatic rings. The molecule has 0 fully saturated rings. The van der Waals surface area contributed by atoms with Crippen LogP contribution < -0.4 is 0 Å². The highest BCUT2D eigenvalue weighted by Crippen LogP contribution is 2.04. The lowest BCUT2D eigenvalue weighted by Gasteiger charge is -2.00. The van der Waals surface area contributed by atoms with Crippen LogP contribution >= 0.6 is 47.8 Å². The van der Waals surface area contributed by atoms with Crippen molar-refractivity contribution in [1.29, 1.82) is 0 Å². The lowest BCUT2D eigenvalue weighted by atomic mass is 10.6. The molecule has 0 amide bonds. The van der Waals surface area contributed by atoms with Crippen molar-refractivity contribution in [2.75, 3.05) is 18.5 Å². The number of H-pyrrole nitrogens is 1. The predicted octanol–water partition coefficient (Wildman–Crippen LogP) is 3.33. The molecule has 0 saturated heterocycles. The zero-order valence-electron chi connectivity index (χ0n) is 13.7. The SMILES string of the molecule is Brc1cnc[nH]1.CCOC(=O)CBr.CCOC(=O)Cn1cnc(Br)c1. The molecule has 0 aliphatic heterocycles. The average molecular weight is 547 g/mol. The number of nitrogens with one attached hydrogen (secondary N) is 1. The molecule has 140 valence electrons. The van der Waals surface area contributed by atoms with Gasteiger partial charge >= 0.3 is 11.9 Å². The molecule has 2 heterocycles. The maximum absolute atomic E-state index is 10.9. The van der Waals surface area contributed by atoms with E-state index in [1.54, 1.807) is 43.5 Å². The highest BCUT2D eigenvalue weighted by molar-refractivity contribution is 9.10. The third-order valence-corrected chi connectivity index (χ3v) is 3.40. The lowest BCUT2D eigenvalue weighted by molar-refractivity contribution is -0.144. The molecule has 0 spiro atoms. The van der Waals surface area contributed by atoms with Gasteiger partial charge in [0, 0.05) is 6.20 Å². The fourth-order valence-corrected chi connectivity index (χ4v) is 1.95. The van der Waals surface area contributed by atoms with Crippen LogP contribution in [0.4, 0.5) is 0 Å². The normalized spacial score (nSPS) is 9.16. The van der Waals surface area contributed by atoms with Crippen LogP contribution in [-0.4, -0.2) is 50.0 Å². The summed E-state index contributed by atoms with van der Waals surface area (Å²) in [4.78, 5) is 31.5. The van der Waals surface area contributed by atoms with E-state index in [9.17, 15) is 9.59 Å². The molecule has 0 aliphatic rings. The summed E-state index contributed by atoms with van der Waals surface area (Å²) in [6.45, 7) is 4.65. The largest absolute Gasteiger partial charge is 0.465 e. The van der Waals surface area contributed by atoms with Crippen molar-refractivity contribution >= 4 is 59.7 Å². The summed E-state index contributed by atoms with van der Waals surface area (Å²) in [5, 5.41) is 0.292.